The van der Waals surface area contributed by atoms with Gasteiger partial charge in [0.25, 0.3) is 11.6 Å². The summed E-state index contributed by atoms with van der Waals surface area (Å²) in [7, 11) is 1.56. The zero-order valence-corrected chi connectivity index (χ0v) is 12.3. The van der Waals surface area contributed by atoms with Crippen LogP contribution in [0.1, 0.15) is 37.6 Å². The van der Waals surface area contributed by atoms with Crippen molar-refractivity contribution in [3.63, 3.8) is 0 Å². The number of anilines is 1. The first-order valence-corrected chi connectivity index (χ1v) is 6.49. The first kappa shape index (κ1) is 15.9. The standard InChI is InChI=1S/C14H21N3O3/c1-14(2,3)8-9-16-13(18)10-6-5-7-11(17(19)20)12(10)15-4/h5-7,15H,8-9H2,1-4H3,(H,16,18). The molecule has 0 saturated carbocycles. The summed E-state index contributed by atoms with van der Waals surface area (Å²) in [6.45, 7) is 6.80. The number of carbonyl (C=O) groups is 1. The molecule has 0 saturated heterocycles. The number of para-hydroxylation sites is 1. The van der Waals surface area contributed by atoms with E-state index in [1.807, 2.05) is 0 Å². The van der Waals surface area contributed by atoms with E-state index >= 15 is 0 Å². The van der Waals surface area contributed by atoms with Crippen LogP contribution in [0.5, 0.6) is 0 Å². The van der Waals surface area contributed by atoms with E-state index in [2.05, 4.69) is 31.4 Å². The van der Waals surface area contributed by atoms with Gasteiger partial charge in [0.05, 0.1) is 10.5 Å². The van der Waals surface area contributed by atoms with Crippen LogP contribution in [0.15, 0.2) is 18.2 Å². The summed E-state index contributed by atoms with van der Waals surface area (Å²) in [5, 5.41) is 16.5. The highest BCUT2D eigenvalue weighted by Crippen LogP contribution is 2.27. The number of nitro benzene ring substituents is 1. The molecule has 1 rings (SSSR count). The van der Waals surface area contributed by atoms with Crippen LogP contribution >= 0.6 is 0 Å². The molecule has 0 aliphatic heterocycles. The highest BCUT2D eigenvalue weighted by Gasteiger charge is 2.20. The number of hydrogen-bond donors (Lipinski definition) is 2. The largest absolute Gasteiger partial charge is 0.382 e. The molecule has 0 fully saturated rings. The molecule has 6 nitrogen and oxygen atoms in total. The predicted octanol–water partition coefficient (Wildman–Crippen LogP) is 2.80. The Hall–Kier alpha value is -2.11. The number of nitrogens with one attached hydrogen (secondary N) is 2. The van der Waals surface area contributed by atoms with E-state index in [-0.39, 0.29) is 28.3 Å². The van der Waals surface area contributed by atoms with Crippen molar-refractivity contribution < 1.29 is 9.72 Å². The van der Waals surface area contributed by atoms with Gasteiger partial charge in [0, 0.05) is 19.7 Å². The molecule has 2 N–H and O–H groups in total. The lowest BCUT2D eigenvalue weighted by molar-refractivity contribution is -0.384. The fraction of sp³-hybridized carbons (Fsp3) is 0.500. The molecule has 6 heteroatoms. The number of hydrogen-bond acceptors (Lipinski definition) is 4. The van der Waals surface area contributed by atoms with Crippen LogP contribution in [0.2, 0.25) is 0 Å². The topological polar surface area (TPSA) is 84.3 Å². The van der Waals surface area contributed by atoms with Crippen molar-refractivity contribution in [1.82, 2.24) is 5.32 Å². The third-order valence-corrected chi connectivity index (χ3v) is 2.89. The fourth-order valence-corrected chi connectivity index (χ4v) is 1.79. The Morgan fingerprint density at radius 1 is 1.35 bits per heavy atom. The van der Waals surface area contributed by atoms with Crippen LogP contribution in [0.4, 0.5) is 11.4 Å². The monoisotopic (exact) mass is 279 g/mol. The first-order chi connectivity index (χ1) is 9.26. The summed E-state index contributed by atoms with van der Waals surface area (Å²) in [4.78, 5) is 22.5. The maximum atomic E-state index is 12.1. The molecule has 0 unspecified atom stereocenters. The molecule has 1 aromatic carbocycles. The number of carbonyl (C=O) groups excluding carboxylic acids is 1. The molecule has 0 aromatic heterocycles. The van der Waals surface area contributed by atoms with Crippen LogP contribution < -0.4 is 10.6 Å². The molecular formula is C14H21N3O3. The zero-order valence-electron chi connectivity index (χ0n) is 12.3. The van der Waals surface area contributed by atoms with Crippen molar-refractivity contribution in [2.24, 2.45) is 5.41 Å². The van der Waals surface area contributed by atoms with Crippen molar-refractivity contribution in [2.75, 3.05) is 18.9 Å². The molecule has 0 radical (unpaired) electrons. The quantitative estimate of drug-likeness (QED) is 0.641. The van der Waals surface area contributed by atoms with Gasteiger partial charge in [-0.05, 0) is 17.9 Å². The fourth-order valence-electron chi connectivity index (χ4n) is 1.79. The molecule has 20 heavy (non-hydrogen) atoms. The second-order valence-electron chi connectivity index (χ2n) is 5.77. The van der Waals surface area contributed by atoms with Gasteiger partial charge in [-0.2, -0.15) is 0 Å². The molecular weight excluding hydrogens is 258 g/mol. The smallest absolute Gasteiger partial charge is 0.293 e. The van der Waals surface area contributed by atoms with Gasteiger partial charge in [-0.25, -0.2) is 0 Å². The lowest BCUT2D eigenvalue weighted by Gasteiger charge is -2.18. The average Bonchev–Trinajstić information content (AvgIpc) is 2.35. The summed E-state index contributed by atoms with van der Waals surface area (Å²) in [6.07, 6.45) is 0.836. The van der Waals surface area contributed by atoms with Gasteiger partial charge in [-0.1, -0.05) is 26.8 Å². The predicted molar refractivity (Wildman–Crippen MR) is 79.0 cm³/mol. The third-order valence-electron chi connectivity index (χ3n) is 2.89. The Morgan fingerprint density at radius 3 is 2.50 bits per heavy atom. The highest BCUT2D eigenvalue weighted by molar-refractivity contribution is 6.01. The molecule has 0 heterocycles. The van der Waals surface area contributed by atoms with Gasteiger partial charge in [0.1, 0.15) is 5.69 Å². The Labute approximate surface area is 118 Å². The number of nitrogens with zero attached hydrogens (tertiary/aromatic N) is 1. The molecule has 1 aromatic rings. The normalized spacial score (nSPS) is 11.0. The van der Waals surface area contributed by atoms with E-state index in [1.54, 1.807) is 13.1 Å². The van der Waals surface area contributed by atoms with Crippen LogP contribution in [-0.2, 0) is 0 Å². The molecule has 110 valence electrons. The lowest BCUT2D eigenvalue weighted by atomic mass is 9.92. The van der Waals surface area contributed by atoms with Crippen LogP contribution in [0, 0.1) is 15.5 Å². The van der Waals surface area contributed by atoms with Crippen molar-refractivity contribution in [3.05, 3.63) is 33.9 Å². The SMILES string of the molecule is CNc1c(C(=O)NCCC(C)(C)C)cccc1[N+](=O)[O-]. The average molecular weight is 279 g/mol. The van der Waals surface area contributed by atoms with Gasteiger partial charge in [0.15, 0.2) is 0 Å². The van der Waals surface area contributed by atoms with Crippen molar-refractivity contribution in [3.8, 4) is 0 Å². The van der Waals surface area contributed by atoms with Crippen molar-refractivity contribution in [2.45, 2.75) is 27.2 Å². The van der Waals surface area contributed by atoms with Gasteiger partial charge in [0.2, 0.25) is 0 Å². The number of nitro groups is 1. The van der Waals surface area contributed by atoms with Crippen LogP contribution in [-0.4, -0.2) is 24.4 Å². The van der Waals surface area contributed by atoms with E-state index in [1.165, 1.54) is 12.1 Å². The molecule has 0 spiro atoms. The van der Waals surface area contributed by atoms with Gasteiger partial charge in [-0.3, -0.25) is 14.9 Å². The highest BCUT2D eigenvalue weighted by atomic mass is 16.6. The minimum absolute atomic E-state index is 0.101. The van der Waals surface area contributed by atoms with E-state index in [9.17, 15) is 14.9 Å². The van der Waals surface area contributed by atoms with Crippen LogP contribution in [0.25, 0.3) is 0 Å². The maximum Gasteiger partial charge on any atom is 0.293 e. The van der Waals surface area contributed by atoms with E-state index in [0.717, 1.165) is 6.42 Å². The zero-order chi connectivity index (χ0) is 15.3. The lowest BCUT2D eigenvalue weighted by Crippen LogP contribution is -2.28. The Morgan fingerprint density at radius 2 is 2.00 bits per heavy atom. The Balaban J connectivity index is 2.88. The molecule has 0 atom stereocenters. The summed E-state index contributed by atoms with van der Waals surface area (Å²) < 4.78 is 0. The van der Waals surface area contributed by atoms with Gasteiger partial charge in [-0.15, -0.1) is 0 Å². The number of rotatable bonds is 5. The Kier molecular flexibility index (Phi) is 5.07. The Bertz CT molecular complexity index is 507. The van der Waals surface area contributed by atoms with Crippen LogP contribution in [0.3, 0.4) is 0 Å². The summed E-state index contributed by atoms with van der Waals surface area (Å²) in [6, 6.07) is 4.46. The maximum absolute atomic E-state index is 12.1. The second-order valence-corrected chi connectivity index (χ2v) is 5.77. The van der Waals surface area contributed by atoms with E-state index in [4.69, 9.17) is 0 Å². The summed E-state index contributed by atoms with van der Waals surface area (Å²) in [5.41, 5.74) is 0.555. The molecule has 0 aliphatic carbocycles. The number of amides is 1. The van der Waals surface area contributed by atoms with Gasteiger partial charge >= 0.3 is 0 Å². The minimum atomic E-state index is -0.502. The van der Waals surface area contributed by atoms with Crippen molar-refractivity contribution >= 4 is 17.3 Å². The molecule has 1 amide bonds. The molecule has 0 bridgehead atoms. The first-order valence-electron chi connectivity index (χ1n) is 6.49. The summed E-state index contributed by atoms with van der Waals surface area (Å²) in [5.74, 6) is -0.303. The van der Waals surface area contributed by atoms with E-state index < -0.39 is 4.92 Å². The van der Waals surface area contributed by atoms with Crippen molar-refractivity contribution in [1.29, 1.82) is 0 Å². The third kappa shape index (κ3) is 4.22. The summed E-state index contributed by atoms with van der Waals surface area (Å²) >= 11 is 0. The molecule has 0 aliphatic rings. The van der Waals surface area contributed by atoms with Gasteiger partial charge < -0.3 is 10.6 Å². The second kappa shape index (κ2) is 6.36. The van der Waals surface area contributed by atoms with E-state index in [0.29, 0.717) is 6.54 Å². The minimum Gasteiger partial charge on any atom is -0.382 e. The number of benzene rings is 1.